The van der Waals surface area contributed by atoms with Gasteiger partial charge in [-0.1, -0.05) is 31.4 Å². The molecule has 1 N–H and O–H groups in total. The van der Waals surface area contributed by atoms with Gasteiger partial charge in [0.05, 0.1) is 5.56 Å². The normalized spacial score (nSPS) is 24.3. The lowest BCUT2D eigenvalue weighted by Gasteiger charge is -2.34. The van der Waals surface area contributed by atoms with E-state index >= 15 is 0 Å². The van der Waals surface area contributed by atoms with E-state index in [4.69, 9.17) is 5.11 Å². The second-order valence-corrected chi connectivity index (χ2v) is 6.58. The van der Waals surface area contributed by atoms with Gasteiger partial charge in [0.15, 0.2) is 0 Å². The Morgan fingerprint density at radius 2 is 1.76 bits per heavy atom. The van der Waals surface area contributed by atoms with Crippen LogP contribution in [0.3, 0.4) is 0 Å². The van der Waals surface area contributed by atoms with Crippen molar-refractivity contribution in [3.63, 3.8) is 0 Å². The predicted octanol–water partition coefficient (Wildman–Crippen LogP) is 3.93. The molecule has 0 radical (unpaired) electrons. The van der Waals surface area contributed by atoms with Gasteiger partial charge >= 0.3 is 5.97 Å². The fourth-order valence-electron chi connectivity index (χ4n) is 4.09. The molecule has 1 unspecified atom stereocenters. The number of benzene rings is 1. The van der Waals surface area contributed by atoms with Gasteiger partial charge in [-0.05, 0) is 55.8 Å². The Hall–Kier alpha value is -1.35. The minimum absolute atomic E-state index is 0.379. The van der Waals surface area contributed by atoms with Gasteiger partial charge < -0.3 is 5.11 Å². The fraction of sp³-hybridized carbons (Fsp3) is 0.611. The highest BCUT2D eigenvalue weighted by Crippen LogP contribution is 2.34. The van der Waals surface area contributed by atoms with E-state index in [0.717, 1.165) is 18.5 Å². The third-order valence-corrected chi connectivity index (χ3v) is 5.19. The molecule has 1 heterocycles. The molecule has 0 amide bonds. The second-order valence-electron chi connectivity index (χ2n) is 6.58. The van der Waals surface area contributed by atoms with Crippen LogP contribution in [0.1, 0.15) is 60.9 Å². The number of likely N-dealkylation sites (tertiary alicyclic amines) is 1. The molecular weight excluding hydrogens is 262 g/mol. The first-order chi connectivity index (χ1) is 10.2. The molecule has 3 heteroatoms. The van der Waals surface area contributed by atoms with Crippen molar-refractivity contribution in [3.8, 4) is 0 Å². The summed E-state index contributed by atoms with van der Waals surface area (Å²) in [4.78, 5) is 13.5. The summed E-state index contributed by atoms with van der Waals surface area (Å²) in [5, 5.41) is 8.96. The summed E-state index contributed by atoms with van der Waals surface area (Å²) >= 11 is 0. The number of rotatable bonds is 4. The van der Waals surface area contributed by atoms with Crippen molar-refractivity contribution in [3.05, 3.63) is 35.4 Å². The lowest BCUT2D eigenvalue weighted by Crippen LogP contribution is -2.36. The third kappa shape index (κ3) is 3.46. The minimum atomic E-state index is -0.845. The number of carbonyl (C=O) groups is 1. The van der Waals surface area contributed by atoms with E-state index < -0.39 is 5.97 Å². The molecule has 2 aliphatic rings. The van der Waals surface area contributed by atoms with Crippen LogP contribution in [0.4, 0.5) is 0 Å². The molecule has 2 fully saturated rings. The molecule has 21 heavy (non-hydrogen) atoms. The first-order valence-corrected chi connectivity index (χ1v) is 8.30. The predicted molar refractivity (Wildman–Crippen MR) is 83.4 cm³/mol. The molecule has 1 aromatic carbocycles. The lowest BCUT2D eigenvalue weighted by atomic mass is 9.83. The summed E-state index contributed by atoms with van der Waals surface area (Å²) in [6.45, 7) is 2.17. The van der Waals surface area contributed by atoms with Crippen LogP contribution >= 0.6 is 0 Å². The molecule has 0 bridgehead atoms. The van der Waals surface area contributed by atoms with Crippen LogP contribution in [0.2, 0.25) is 0 Å². The Morgan fingerprint density at radius 1 is 1.05 bits per heavy atom. The zero-order chi connectivity index (χ0) is 14.7. The number of hydrogen-bond acceptors (Lipinski definition) is 2. The van der Waals surface area contributed by atoms with Crippen molar-refractivity contribution in [1.29, 1.82) is 0 Å². The highest BCUT2D eigenvalue weighted by molar-refractivity contribution is 5.87. The molecule has 3 nitrogen and oxygen atoms in total. The molecule has 1 saturated heterocycles. The molecule has 1 aliphatic heterocycles. The largest absolute Gasteiger partial charge is 0.478 e. The summed E-state index contributed by atoms with van der Waals surface area (Å²) in [6, 6.07) is 8.15. The van der Waals surface area contributed by atoms with E-state index in [1.807, 2.05) is 12.1 Å². The molecule has 0 spiro atoms. The number of carboxylic acid groups (broad SMARTS) is 1. The molecule has 114 valence electrons. The average Bonchev–Trinajstić information content (AvgIpc) is 2.97. The van der Waals surface area contributed by atoms with Crippen LogP contribution in [0, 0.1) is 5.92 Å². The van der Waals surface area contributed by atoms with Crippen LogP contribution < -0.4 is 0 Å². The quantitative estimate of drug-likeness (QED) is 0.912. The Balaban J connectivity index is 1.64. The number of aromatic carboxylic acids is 1. The molecule has 1 aromatic rings. The van der Waals surface area contributed by atoms with Crippen molar-refractivity contribution < 1.29 is 9.90 Å². The summed E-state index contributed by atoms with van der Waals surface area (Å²) in [7, 11) is 0. The number of carboxylic acids is 1. The van der Waals surface area contributed by atoms with Gasteiger partial charge in [0.1, 0.15) is 0 Å². The van der Waals surface area contributed by atoms with Crippen molar-refractivity contribution in [2.24, 2.45) is 5.92 Å². The lowest BCUT2D eigenvalue weighted by molar-refractivity contribution is 0.0697. The van der Waals surface area contributed by atoms with E-state index in [9.17, 15) is 4.79 Å². The highest BCUT2D eigenvalue weighted by atomic mass is 16.4. The molecular formula is C18H25NO2. The fourth-order valence-corrected chi connectivity index (χ4v) is 4.09. The van der Waals surface area contributed by atoms with Gasteiger partial charge in [-0.2, -0.15) is 0 Å². The van der Waals surface area contributed by atoms with Gasteiger partial charge in [0.25, 0.3) is 0 Å². The van der Waals surface area contributed by atoms with Crippen molar-refractivity contribution in [2.45, 2.75) is 57.5 Å². The Kier molecular flexibility index (Phi) is 4.59. The van der Waals surface area contributed by atoms with Crippen LogP contribution in [0.5, 0.6) is 0 Å². The van der Waals surface area contributed by atoms with Crippen molar-refractivity contribution in [2.75, 3.05) is 6.54 Å². The first-order valence-electron chi connectivity index (χ1n) is 8.30. The van der Waals surface area contributed by atoms with E-state index in [-0.39, 0.29) is 0 Å². The number of nitrogens with zero attached hydrogens (tertiary/aromatic N) is 1. The van der Waals surface area contributed by atoms with Crippen molar-refractivity contribution >= 4 is 5.97 Å². The molecule has 3 rings (SSSR count). The van der Waals surface area contributed by atoms with Gasteiger partial charge in [-0.15, -0.1) is 0 Å². The summed E-state index contributed by atoms with van der Waals surface area (Å²) < 4.78 is 0. The maximum Gasteiger partial charge on any atom is 0.335 e. The Bertz CT molecular complexity index is 476. The standard InChI is InChI=1S/C18H25NO2/c20-18(21)16-10-8-14(9-11-16)13-19-12-4-7-17(19)15-5-2-1-3-6-15/h8-11,15,17H,1-7,12-13H2,(H,20,21). The van der Waals surface area contributed by atoms with Gasteiger partial charge in [-0.25, -0.2) is 4.79 Å². The monoisotopic (exact) mass is 287 g/mol. The second kappa shape index (κ2) is 6.61. The van der Waals surface area contributed by atoms with Crippen LogP contribution in [0.25, 0.3) is 0 Å². The zero-order valence-corrected chi connectivity index (χ0v) is 12.6. The maximum atomic E-state index is 10.9. The maximum absolute atomic E-state index is 10.9. The first kappa shape index (κ1) is 14.6. The van der Waals surface area contributed by atoms with Crippen molar-refractivity contribution in [1.82, 2.24) is 4.90 Å². The zero-order valence-electron chi connectivity index (χ0n) is 12.6. The summed E-state index contributed by atoms with van der Waals surface area (Å²) in [5.41, 5.74) is 1.62. The van der Waals surface area contributed by atoms with E-state index in [1.165, 1.54) is 57.1 Å². The molecule has 1 saturated carbocycles. The highest BCUT2D eigenvalue weighted by Gasteiger charge is 2.32. The van der Waals surface area contributed by atoms with Crippen LogP contribution in [-0.2, 0) is 6.54 Å². The SMILES string of the molecule is O=C(O)c1ccc(CN2CCCC2C2CCCCC2)cc1. The summed E-state index contributed by atoms with van der Waals surface area (Å²) in [5.74, 6) is 0.0438. The average molecular weight is 287 g/mol. The van der Waals surface area contributed by atoms with E-state index in [1.54, 1.807) is 12.1 Å². The van der Waals surface area contributed by atoms with Crippen LogP contribution in [-0.4, -0.2) is 28.6 Å². The van der Waals surface area contributed by atoms with Crippen LogP contribution in [0.15, 0.2) is 24.3 Å². The summed E-state index contributed by atoms with van der Waals surface area (Å²) in [6.07, 6.45) is 9.69. The van der Waals surface area contributed by atoms with Gasteiger partial charge in [0.2, 0.25) is 0 Å². The topological polar surface area (TPSA) is 40.5 Å². The van der Waals surface area contributed by atoms with Gasteiger partial charge in [0, 0.05) is 12.6 Å². The van der Waals surface area contributed by atoms with E-state index in [2.05, 4.69) is 4.90 Å². The smallest absolute Gasteiger partial charge is 0.335 e. The van der Waals surface area contributed by atoms with Gasteiger partial charge in [-0.3, -0.25) is 4.90 Å². The molecule has 1 atom stereocenters. The minimum Gasteiger partial charge on any atom is -0.478 e. The molecule has 0 aromatic heterocycles. The third-order valence-electron chi connectivity index (χ3n) is 5.19. The molecule has 1 aliphatic carbocycles. The Labute approximate surface area is 127 Å². The van der Waals surface area contributed by atoms with E-state index in [0.29, 0.717) is 5.56 Å². The number of hydrogen-bond donors (Lipinski definition) is 1. The Morgan fingerprint density at radius 3 is 2.43 bits per heavy atom.